The van der Waals surface area contributed by atoms with Crippen LogP contribution in [0.25, 0.3) is 16.6 Å². The van der Waals surface area contributed by atoms with Gasteiger partial charge in [-0.15, -0.1) is 0 Å². The van der Waals surface area contributed by atoms with Gasteiger partial charge in [0.2, 0.25) is 5.75 Å². The smallest absolute Gasteiger partial charge is 0.342 e. The van der Waals surface area contributed by atoms with E-state index >= 15 is 0 Å². The predicted octanol–water partition coefficient (Wildman–Crippen LogP) is 3.99. The van der Waals surface area contributed by atoms with Gasteiger partial charge in [-0.1, -0.05) is 18.2 Å². The first-order valence-electron chi connectivity index (χ1n) is 11.1. The molecule has 0 fully saturated rings. The average Bonchev–Trinajstić information content (AvgIpc) is 3.49. The quantitative estimate of drug-likeness (QED) is 0.364. The van der Waals surface area contributed by atoms with Crippen LogP contribution in [0.15, 0.2) is 60.2 Å². The van der Waals surface area contributed by atoms with Crippen molar-refractivity contribution in [3.63, 3.8) is 0 Å². The second kappa shape index (κ2) is 9.54. The van der Waals surface area contributed by atoms with Crippen LogP contribution in [0.3, 0.4) is 0 Å². The summed E-state index contributed by atoms with van der Waals surface area (Å²) in [7, 11) is 4.39. The van der Waals surface area contributed by atoms with Crippen LogP contribution in [0.1, 0.15) is 22.3 Å². The van der Waals surface area contributed by atoms with Gasteiger partial charge in [-0.05, 0) is 47.5 Å². The number of ether oxygens (including phenoxy) is 4. The van der Waals surface area contributed by atoms with Crippen LogP contribution in [0.2, 0.25) is 0 Å². The summed E-state index contributed by atoms with van der Waals surface area (Å²) in [6, 6.07) is 17.3. The maximum absolute atomic E-state index is 13.4. The maximum Gasteiger partial charge on any atom is 0.342 e. The number of hydrogen-bond acceptors (Lipinski definition) is 10. The Morgan fingerprint density at radius 2 is 1.65 bits per heavy atom. The number of nitrogens with zero attached hydrogens (tertiary/aromatic N) is 3. The molecule has 9 nitrogen and oxygen atoms in total. The van der Waals surface area contributed by atoms with Crippen LogP contribution in [0.4, 0.5) is 0 Å². The van der Waals surface area contributed by atoms with Crippen molar-refractivity contribution in [2.45, 2.75) is 12.2 Å². The summed E-state index contributed by atoms with van der Waals surface area (Å²) in [5, 5.41) is 21.2. The molecule has 5 rings (SSSR count). The molecule has 2 heterocycles. The van der Waals surface area contributed by atoms with Crippen LogP contribution in [-0.2, 0) is 21.7 Å². The SMILES string of the molecule is COc1cc(C2(O)OC(=O)C(c3ccc4nsnc4c3)=C2Cc2ccc(C#N)cc2)cc(OC)c1OC. The third kappa shape index (κ3) is 4.14. The first-order chi connectivity index (χ1) is 17.9. The largest absolute Gasteiger partial charge is 0.493 e. The van der Waals surface area contributed by atoms with Crippen molar-refractivity contribution in [2.24, 2.45) is 0 Å². The molecule has 4 aromatic rings. The van der Waals surface area contributed by atoms with E-state index in [2.05, 4.69) is 14.8 Å². The molecule has 1 atom stereocenters. The fourth-order valence-electron chi connectivity index (χ4n) is 4.39. The van der Waals surface area contributed by atoms with Gasteiger partial charge in [0.05, 0.1) is 50.3 Å². The van der Waals surface area contributed by atoms with Gasteiger partial charge in [-0.2, -0.15) is 14.0 Å². The number of methoxy groups -OCH3 is 3. The van der Waals surface area contributed by atoms with Crippen molar-refractivity contribution in [3.8, 4) is 23.3 Å². The van der Waals surface area contributed by atoms with Crippen molar-refractivity contribution in [1.29, 1.82) is 5.26 Å². The number of cyclic esters (lactones) is 1. The number of carbonyl (C=O) groups excluding carboxylic acids is 1. The minimum Gasteiger partial charge on any atom is -0.493 e. The van der Waals surface area contributed by atoms with Crippen molar-refractivity contribution in [1.82, 2.24) is 8.75 Å². The van der Waals surface area contributed by atoms with E-state index < -0.39 is 11.8 Å². The Hall–Kier alpha value is -4.46. The van der Waals surface area contributed by atoms with Gasteiger partial charge in [0.1, 0.15) is 11.0 Å². The summed E-state index contributed by atoms with van der Waals surface area (Å²) in [4.78, 5) is 13.4. The second-order valence-electron chi connectivity index (χ2n) is 8.25. The van der Waals surface area contributed by atoms with E-state index in [9.17, 15) is 15.2 Å². The van der Waals surface area contributed by atoms with Gasteiger partial charge < -0.3 is 24.1 Å². The van der Waals surface area contributed by atoms with Gasteiger partial charge in [-0.25, -0.2) is 4.79 Å². The highest BCUT2D eigenvalue weighted by Gasteiger charge is 2.49. The lowest BCUT2D eigenvalue weighted by molar-refractivity contribution is -0.185. The van der Waals surface area contributed by atoms with Gasteiger partial charge in [-0.3, -0.25) is 0 Å². The fraction of sp³-hybridized carbons (Fsp3) is 0.185. The van der Waals surface area contributed by atoms with E-state index in [1.165, 1.54) is 21.3 Å². The van der Waals surface area contributed by atoms with E-state index in [0.717, 1.165) is 17.3 Å². The van der Waals surface area contributed by atoms with Gasteiger partial charge in [0.15, 0.2) is 11.5 Å². The number of hydrogen-bond donors (Lipinski definition) is 1. The zero-order chi connectivity index (χ0) is 26.2. The van der Waals surface area contributed by atoms with E-state index in [-0.39, 0.29) is 17.6 Å². The monoisotopic (exact) mass is 515 g/mol. The van der Waals surface area contributed by atoms with Crippen LogP contribution in [-0.4, -0.2) is 41.2 Å². The first kappa shape index (κ1) is 24.2. The number of fused-ring (bicyclic) bond motifs is 1. The number of nitriles is 1. The summed E-state index contributed by atoms with van der Waals surface area (Å²) >= 11 is 1.07. The van der Waals surface area contributed by atoms with Crippen molar-refractivity contribution in [2.75, 3.05) is 21.3 Å². The Balaban J connectivity index is 1.73. The molecular weight excluding hydrogens is 494 g/mol. The summed E-state index contributed by atoms with van der Waals surface area (Å²) in [5.74, 6) is -1.91. The fourth-order valence-corrected chi connectivity index (χ4v) is 4.91. The van der Waals surface area contributed by atoms with Crippen LogP contribution >= 0.6 is 11.7 Å². The summed E-state index contributed by atoms with van der Waals surface area (Å²) < 4.78 is 30.5. The molecule has 1 unspecified atom stereocenters. The highest BCUT2D eigenvalue weighted by atomic mass is 32.1. The zero-order valence-corrected chi connectivity index (χ0v) is 21.0. The first-order valence-corrected chi connectivity index (χ1v) is 11.9. The Labute approximate surface area is 216 Å². The highest BCUT2D eigenvalue weighted by molar-refractivity contribution is 7.00. The van der Waals surface area contributed by atoms with Crippen LogP contribution < -0.4 is 14.2 Å². The van der Waals surface area contributed by atoms with Gasteiger partial charge in [0, 0.05) is 17.6 Å². The Morgan fingerprint density at radius 3 is 2.27 bits per heavy atom. The number of aliphatic hydroxyl groups is 1. The van der Waals surface area contributed by atoms with Gasteiger partial charge >= 0.3 is 5.97 Å². The van der Waals surface area contributed by atoms with E-state index in [0.29, 0.717) is 45.0 Å². The molecule has 3 aromatic carbocycles. The number of esters is 1. The minimum atomic E-state index is -2.14. The molecule has 1 aromatic heterocycles. The predicted molar refractivity (Wildman–Crippen MR) is 135 cm³/mol. The molecule has 0 amide bonds. The minimum absolute atomic E-state index is 0.160. The van der Waals surface area contributed by atoms with Gasteiger partial charge in [0.25, 0.3) is 5.79 Å². The molecular formula is C27H21N3O6S. The number of carbonyl (C=O) groups is 1. The second-order valence-corrected chi connectivity index (χ2v) is 8.78. The lowest BCUT2D eigenvalue weighted by Gasteiger charge is -2.27. The normalized spacial score (nSPS) is 17.0. The molecule has 0 saturated carbocycles. The third-order valence-corrected chi connectivity index (χ3v) is 6.77. The third-order valence-electron chi connectivity index (χ3n) is 6.22. The molecule has 10 heteroatoms. The molecule has 37 heavy (non-hydrogen) atoms. The molecule has 1 N–H and O–H groups in total. The average molecular weight is 516 g/mol. The molecule has 0 radical (unpaired) electrons. The molecule has 0 saturated heterocycles. The van der Waals surface area contributed by atoms with E-state index in [1.807, 2.05) is 0 Å². The standard InChI is InChI=1S/C27H21N3O6S/c1-33-22-12-18(13-23(34-2)25(22)35-3)27(32)19(10-15-4-6-16(14-28)7-5-15)24(26(31)36-27)17-8-9-20-21(11-17)30-37-29-20/h4-9,11-13,32H,10H2,1-3H3. The van der Waals surface area contributed by atoms with Crippen molar-refractivity contribution >= 4 is 34.3 Å². The molecule has 186 valence electrons. The zero-order valence-electron chi connectivity index (χ0n) is 20.1. The number of rotatable bonds is 7. The molecule has 1 aliphatic rings. The Kier molecular flexibility index (Phi) is 6.25. The van der Waals surface area contributed by atoms with Crippen LogP contribution in [0, 0.1) is 11.3 Å². The number of aromatic nitrogens is 2. The lowest BCUT2D eigenvalue weighted by Crippen LogP contribution is -2.30. The molecule has 0 aliphatic carbocycles. The summed E-state index contributed by atoms with van der Waals surface area (Å²) in [6.45, 7) is 0. The van der Waals surface area contributed by atoms with E-state index in [1.54, 1.807) is 54.6 Å². The summed E-state index contributed by atoms with van der Waals surface area (Å²) in [6.07, 6.45) is 0.160. The Morgan fingerprint density at radius 1 is 0.973 bits per heavy atom. The van der Waals surface area contributed by atoms with Crippen molar-refractivity contribution in [3.05, 3.63) is 82.4 Å². The highest BCUT2D eigenvalue weighted by Crippen LogP contribution is 2.48. The number of benzene rings is 3. The lowest BCUT2D eigenvalue weighted by atomic mass is 9.87. The van der Waals surface area contributed by atoms with Crippen LogP contribution in [0.5, 0.6) is 17.2 Å². The van der Waals surface area contributed by atoms with Crippen molar-refractivity contribution < 1.29 is 28.8 Å². The molecule has 0 bridgehead atoms. The summed E-state index contributed by atoms with van der Waals surface area (Å²) in [5.41, 5.74) is 3.90. The molecule has 1 aliphatic heterocycles. The topological polar surface area (TPSA) is 124 Å². The van der Waals surface area contributed by atoms with E-state index in [4.69, 9.17) is 18.9 Å². The maximum atomic E-state index is 13.4. The Bertz CT molecular complexity index is 1560. The molecule has 0 spiro atoms.